The number of hydrogen-bond acceptors (Lipinski definition) is 5. The SMILES string of the molecule is C=C(NC)[C@H](N[C@H](CCc1ccc(C(F)(F)F)nc1)c1ccc(OC(F)F)c(OC)c1)c1ccc(F)cc1. The molecule has 2 atom stereocenters. The van der Waals surface area contributed by atoms with Crippen LogP contribution >= 0.6 is 0 Å². The summed E-state index contributed by atoms with van der Waals surface area (Å²) in [6.45, 7) is 0.995. The highest BCUT2D eigenvalue weighted by Gasteiger charge is 2.32. The lowest BCUT2D eigenvalue weighted by Crippen LogP contribution is -2.31. The zero-order chi connectivity index (χ0) is 27.9. The quantitative estimate of drug-likeness (QED) is 0.255. The van der Waals surface area contributed by atoms with E-state index in [4.69, 9.17) is 4.74 Å². The van der Waals surface area contributed by atoms with Crippen LogP contribution in [0.2, 0.25) is 0 Å². The molecular formula is C27H27F6N3O2. The third kappa shape index (κ3) is 7.64. The van der Waals surface area contributed by atoms with Crippen molar-refractivity contribution in [1.29, 1.82) is 0 Å². The van der Waals surface area contributed by atoms with Gasteiger partial charge in [-0.2, -0.15) is 22.0 Å². The van der Waals surface area contributed by atoms with Gasteiger partial charge in [-0.1, -0.05) is 30.8 Å². The van der Waals surface area contributed by atoms with Crippen molar-refractivity contribution in [1.82, 2.24) is 15.6 Å². The van der Waals surface area contributed by atoms with Gasteiger partial charge in [0.05, 0.1) is 13.2 Å². The summed E-state index contributed by atoms with van der Waals surface area (Å²) in [5.74, 6) is -0.475. The van der Waals surface area contributed by atoms with E-state index in [1.807, 2.05) is 0 Å². The number of benzene rings is 2. The largest absolute Gasteiger partial charge is 0.493 e. The number of ether oxygens (including phenoxy) is 2. The number of nitrogens with one attached hydrogen (secondary N) is 2. The molecule has 0 amide bonds. The molecule has 0 bridgehead atoms. The lowest BCUT2D eigenvalue weighted by molar-refractivity contribution is -0.141. The highest BCUT2D eigenvalue weighted by Crippen LogP contribution is 2.35. The number of likely N-dealkylation sites (N-methyl/N-ethyl adjacent to an activating group) is 1. The van der Waals surface area contributed by atoms with E-state index in [2.05, 4.69) is 26.9 Å². The van der Waals surface area contributed by atoms with Crippen molar-refractivity contribution in [2.75, 3.05) is 14.2 Å². The zero-order valence-corrected chi connectivity index (χ0v) is 20.7. The minimum Gasteiger partial charge on any atom is -0.493 e. The van der Waals surface area contributed by atoms with Crippen LogP contribution in [0.4, 0.5) is 26.3 Å². The fourth-order valence-electron chi connectivity index (χ4n) is 3.89. The molecule has 0 aliphatic heterocycles. The van der Waals surface area contributed by atoms with Gasteiger partial charge in [0.2, 0.25) is 0 Å². The number of aryl methyl sites for hydroxylation is 1. The van der Waals surface area contributed by atoms with Crippen molar-refractivity contribution in [2.24, 2.45) is 0 Å². The highest BCUT2D eigenvalue weighted by atomic mass is 19.4. The highest BCUT2D eigenvalue weighted by molar-refractivity contribution is 5.44. The number of halogens is 6. The van der Waals surface area contributed by atoms with Crippen LogP contribution < -0.4 is 20.1 Å². The van der Waals surface area contributed by atoms with E-state index >= 15 is 0 Å². The Labute approximate surface area is 216 Å². The van der Waals surface area contributed by atoms with E-state index in [1.165, 1.54) is 37.6 Å². The van der Waals surface area contributed by atoms with E-state index in [0.717, 1.165) is 6.07 Å². The van der Waals surface area contributed by atoms with Crippen molar-refractivity contribution in [2.45, 2.75) is 37.7 Å². The molecule has 0 spiro atoms. The van der Waals surface area contributed by atoms with E-state index in [0.29, 0.717) is 35.2 Å². The van der Waals surface area contributed by atoms with Crippen molar-refractivity contribution in [3.63, 3.8) is 0 Å². The molecule has 3 aromatic rings. The van der Waals surface area contributed by atoms with Crippen molar-refractivity contribution in [3.8, 4) is 11.5 Å². The molecule has 3 rings (SSSR count). The molecule has 1 heterocycles. The summed E-state index contributed by atoms with van der Waals surface area (Å²) in [6.07, 6.45) is -2.66. The van der Waals surface area contributed by atoms with Gasteiger partial charge in [0, 0.05) is 25.0 Å². The van der Waals surface area contributed by atoms with Crippen LogP contribution in [0, 0.1) is 5.82 Å². The van der Waals surface area contributed by atoms with E-state index < -0.39 is 36.4 Å². The molecule has 0 aliphatic carbocycles. The van der Waals surface area contributed by atoms with Gasteiger partial charge in [-0.15, -0.1) is 0 Å². The smallest absolute Gasteiger partial charge is 0.433 e. The van der Waals surface area contributed by atoms with Gasteiger partial charge in [-0.05, 0) is 59.9 Å². The standard InChI is InChI=1S/C27H27F6N3O2/c1-16(34-2)25(18-6-9-20(28)10-7-18)36-21(11-4-17-5-13-24(35-15-17)27(31,32)33)19-8-12-22(38-26(29)30)23(14-19)37-3/h5-10,12-15,21,25-26,34,36H,1,4,11H2,2-3H3/t21-,25+/m1/s1. The van der Waals surface area contributed by atoms with Gasteiger partial charge in [0.1, 0.15) is 11.5 Å². The summed E-state index contributed by atoms with van der Waals surface area (Å²) in [5, 5.41) is 6.43. The van der Waals surface area contributed by atoms with Crippen molar-refractivity contribution in [3.05, 3.63) is 101 Å². The maximum absolute atomic E-state index is 13.6. The predicted molar refractivity (Wildman–Crippen MR) is 130 cm³/mol. The van der Waals surface area contributed by atoms with Gasteiger partial charge in [-0.25, -0.2) is 4.39 Å². The fraction of sp³-hybridized carbons (Fsp3) is 0.296. The maximum Gasteiger partial charge on any atom is 0.433 e. The van der Waals surface area contributed by atoms with E-state index in [9.17, 15) is 26.3 Å². The van der Waals surface area contributed by atoms with Crippen LogP contribution in [-0.4, -0.2) is 25.8 Å². The molecular weight excluding hydrogens is 512 g/mol. The van der Waals surface area contributed by atoms with Crippen molar-refractivity contribution >= 4 is 0 Å². The van der Waals surface area contributed by atoms with Crippen LogP contribution in [0.25, 0.3) is 0 Å². The summed E-state index contributed by atoms with van der Waals surface area (Å²) >= 11 is 0. The Bertz CT molecular complexity index is 1200. The lowest BCUT2D eigenvalue weighted by Gasteiger charge is -2.29. The summed E-state index contributed by atoms with van der Waals surface area (Å²) < 4.78 is 87.6. The number of alkyl halides is 5. The van der Waals surface area contributed by atoms with Crippen LogP contribution in [0.1, 0.15) is 40.9 Å². The summed E-state index contributed by atoms with van der Waals surface area (Å²) in [5.41, 5.74) is 1.50. The van der Waals surface area contributed by atoms with Gasteiger partial charge in [0.15, 0.2) is 11.5 Å². The lowest BCUT2D eigenvalue weighted by atomic mass is 9.95. The number of nitrogens with zero attached hydrogens (tertiary/aromatic N) is 1. The number of pyridine rings is 1. The normalized spacial score (nSPS) is 13.2. The first-order valence-corrected chi connectivity index (χ1v) is 11.5. The Morgan fingerprint density at radius 3 is 2.24 bits per heavy atom. The summed E-state index contributed by atoms with van der Waals surface area (Å²) in [7, 11) is 3.00. The average Bonchev–Trinajstić information content (AvgIpc) is 2.89. The summed E-state index contributed by atoms with van der Waals surface area (Å²) in [4.78, 5) is 3.51. The molecule has 0 saturated heterocycles. The topological polar surface area (TPSA) is 55.4 Å². The minimum absolute atomic E-state index is 0.0802. The third-order valence-electron chi connectivity index (χ3n) is 5.88. The molecule has 204 valence electrons. The molecule has 5 nitrogen and oxygen atoms in total. The second-order valence-electron chi connectivity index (χ2n) is 8.36. The molecule has 0 aliphatic rings. The number of aromatic nitrogens is 1. The van der Waals surface area contributed by atoms with Gasteiger partial charge in [-0.3, -0.25) is 10.3 Å². The van der Waals surface area contributed by atoms with E-state index in [-0.39, 0.29) is 11.5 Å². The molecule has 0 saturated carbocycles. The number of rotatable bonds is 12. The maximum atomic E-state index is 13.6. The number of hydrogen-bond donors (Lipinski definition) is 2. The Morgan fingerprint density at radius 2 is 1.68 bits per heavy atom. The van der Waals surface area contributed by atoms with Crippen LogP contribution in [-0.2, 0) is 12.6 Å². The number of methoxy groups -OCH3 is 1. The third-order valence-corrected chi connectivity index (χ3v) is 5.88. The van der Waals surface area contributed by atoms with Gasteiger partial charge in [0.25, 0.3) is 0 Å². The Balaban J connectivity index is 1.94. The molecule has 0 fully saturated rings. The summed E-state index contributed by atoms with van der Waals surface area (Å²) in [6, 6.07) is 11.6. The second kappa shape index (κ2) is 12.7. The molecule has 11 heteroatoms. The van der Waals surface area contributed by atoms with Crippen LogP contribution in [0.5, 0.6) is 11.5 Å². The van der Waals surface area contributed by atoms with Crippen LogP contribution in [0.15, 0.2) is 73.1 Å². The first-order valence-electron chi connectivity index (χ1n) is 11.5. The Hall–Kier alpha value is -3.73. The fourth-order valence-corrected chi connectivity index (χ4v) is 3.89. The van der Waals surface area contributed by atoms with Gasteiger partial charge < -0.3 is 14.8 Å². The minimum atomic E-state index is -4.54. The van der Waals surface area contributed by atoms with Gasteiger partial charge >= 0.3 is 12.8 Å². The molecule has 1 aromatic heterocycles. The van der Waals surface area contributed by atoms with Crippen molar-refractivity contribution < 1.29 is 35.8 Å². The first kappa shape index (κ1) is 28.8. The molecule has 0 unspecified atom stereocenters. The zero-order valence-electron chi connectivity index (χ0n) is 20.7. The average molecular weight is 540 g/mol. The Kier molecular flexibility index (Phi) is 9.62. The van der Waals surface area contributed by atoms with E-state index in [1.54, 1.807) is 31.3 Å². The molecule has 2 aromatic carbocycles. The molecule has 38 heavy (non-hydrogen) atoms. The first-order chi connectivity index (χ1) is 18.0. The Morgan fingerprint density at radius 1 is 1.00 bits per heavy atom. The predicted octanol–water partition coefficient (Wildman–Crippen LogP) is 6.59. The second-order valence-corrected chi connectivity index (χ2v) is 8.36. The molecule has 0 radical (unpaired) electrons. The van der Waals surface area contributed by atoms with Crippen LogP contribution in [0.3, 0.4) is 0 Å². The monoisotopic (exact) mass is 539 g/mol. The molecule has 2 N–H and O–H groups in total.